The van der Waals surface area contributed by atoms with Crippen molar-refractivity contribution in [3.8, 4) is 5.75 Å². The topological polar surface area (TPSA) is 150 Å². The summed E-state index contributed by atoms with van der Waals surface area (Å²) in [5.41, 5.74) is 0.331. The van der Waals surface area contributed by atoms with Gasteiger partial charge in [-0.15, -0.1) is 0 Å². The predicted octanol–water partition coefficient (Wildman–Crippen LogP) is 0.365. The number of nitrogens with two attached hydrogens (primary N) is 1. The van der Waals surface area contributed by atoms with Crippen LogP contribution in [0.5, 0.6) is 5.75 Å². The maximum Gasteiger partial charge on any atom is 0.322 e. The molecule has 3 heterocycles. The molecule has 3 aliphatic heterocycles. The number of allylic oxidation sites excluding steroid dienone is 1. The largest absolute Gasteiger partial charge is 0.497 e. The lowest BCUT2D eigenvalue weighted by atomic mass is 9.92. The summed E-state index contributed by atoms with van der Waals surface area (Å²) < 4.78 is 11.3. The molecule has 11 heteroatoms. The molecule has 0 radical (unpaired) electrons. The highest BCUT2D eigenvalue weighted by Gasteiger charge is 2.55. The van der Waals surface area contributed by atoms with Gasteiger partial charge in [0.25, 0.3) is 11.8 Å². The van der Waals surface area contributed by atoms with Gasteiger partial charge in [-0.05, 0) is 42.0 Å². The Hall–Kier alpha value is -4.12. The fourth-order valence-corrected chi connectivity index (χ4v) is 4.52. The lowest BCUT2D eigenvalue weighted by molar-refractivity contribution is -0.124. The van der Waals surface area contributed by atoms with Gasteiger partial charge in [0.2, 0.25) is 0 Å². The molecule has 11 nitrogen and oxygen atoms in total. The summed E-state index contributed by atoms with van der Waals surface area (Å²) >= 11 is 0. The van der Waals surface area contributed by atoms with E-state index in [-0.39, 0.29) is 30.7 Å². The fraction of sp³-hybridized carbons (Fsp3) is 0.273. The number of nitrogens with one attached hydrogen (secondary N) is 3. The molecule has 1 aliphatic carbocycles. The number of ether oxygens (including phenoxy) is 2. The smallest absolute Gasteiger partial charge is 0.322 e. The highest BCUT2D eigenvalue weighted by atomic mass is 16.5. The van der Waals surface area contributed by atoms with Gasteiger partial charge in [0.15, 0.2) is 5.54 Å². The van der Waals surface area contributed by atoms with Crippen LogP contribution in [0.4, 0.5) is 4.79 Å². The summed E-state index contributed by atoms with van der Waals surface area (Å²) in [4.78, 5) is 39.8. The van der Waals surface area contributed by atoms with Crippen molar-refractivity contribution in [2.45, 2.75) is 18.2 Å². The van der Waals surface area contributed by atoms with Gasteiger partial charge in [0.1, 0.15) is 24.0 Å². The number of fused-ring (bicyclic) bond motifs is 2. The zero-order valence-electron chi connectivity index (χ0n) is 17.7. The Labute approximate surface area is 189 Å². The summed E-state index contributed by atoms with van der Waals surface area (Å²) in [6.45, 7) is 0.185. The van der Waals surface area contributed by atoms with E-state index in [0.717, 1.165) is 16.9 Å². The van der Waals surface area contributed by atoms with Crippen LogP contribution in [0, 0.1) is 11.3 Å². The van der Waals surface area contributed by atoms with Crippen molar-refractivity contribution in [2.24, 2.45) is 11.8 Å². The van der Waals surface area contributed by atoms with Crippen molar-refractivity contribution < 1.29 is 23.9 Å². The van der Waals surface area contributed by atoms with Crippen molar-refractivity contribution in [3.05, 3.63) is 65.1 Å². The maximum atomic E-state index is 13.1. The van der Waals surface area contributed by atoms with E-state index < -0.39 is 23.6 Å². The summed E-state index contributed by atoms with van der Waals surface area (Å²) in [6.07, 6.45) is 7.63. The normalized spacial score (nSPS) is 27.2. The average Bonchev–Trinajstić information content (AvgIpc) is 3.46. The zero-order valence-corrected chi connectivity index (χ0v) is 17.7. The Balaban J connectivity index is 1.46. The molecule has 1 saturated heterocycles. The molecule has 0 aromatic heterocycles. The molecular weight excluding hydrogens is 428 g/mol. The first-order chi connectivity index (χ1) is 15.8. The molecule has 4 aliphatic rings. The van der Waals surface area contributed by atoms with Crippen molar-refractivity contribution in [1.29, 1.82) is 5.41 Å². The van der Waals surface area contributed by atoms with Gasteiger partial charge in [0.05, 0.1) is 19.4 Å². The van der Waals surface area contributed by atoms with E-state index in [1.807, 2.05) is 12.1 Å². The molecule has 3 unspecified atom stereocenters. The van der Waals surface area contributed by atoms with Crippen LogP contribution in [0.15, 0.2) is 54.0 Å². The molecular formula is C22H22N6O5. The van der Waals surface area contributed by atoms with Gasteiger partial charge in [-0.2, -0.15) is 0 Å². The minimum Gasteiger partial charge on any atom is -0.497 e. The van der Waals surface area contributed by atoms with E-state index in [0.29, 0.717) is 17.0 Å². The highest BCUT2D eigenvalue weighted by Crippen LogP contribution is 2.38. The molecule has 1 aromatic carbocycles. The molecule has 0 spiro atoms. The van der Waals surface area contributed by atoms with Gasteiger partial charge in [-0.3, -0.25) is 25.3 Å². The number of carbonyl (C=O) groups excluding carboxylic acids is 3. The minimum absolute atomic E-state index is 0.102. The van der Waals surface area contributed by atoms with Crippen LogP contribution in [-0.4, -0.2) is 59.4 Å². The monoisotopic (exact) mass is 450 g/mol. The Morgan fingerprint density at radius 3 is 2.88 bits per heavy atom. The van der Waals surface area contributed by atoms with E-state index in [9.17, 15) is 14.4 Å². The third-order valence-corrected chi connectivity index (χ3v) is 6.23. The number of methoxy groups -OCH3 is 1. The molecule has 1 aromatic rings. The van der Waals surface area contributed by atoms with E-state index in [1.165, 1.54) is 12.0 Å². The summed E-state index contributed by atoms with van der Waals surface area (Å²) in [5.74, 6) is 5.47. The molecule has 3 atom stereocenters. The number of hydrogen-bond acceptors (Lipinski definition) is 7. The summed E-state index contributed by atoms with van der Waals surface area (Å²) in [7, 11) is 1.52. The van der Waals surface area contributed by atoms with E-state index in [1.54, 1.807) is 30.4 Å². The molecule has 4 amide bonds. The SMILES string of the molecule is COc1ccc2c(c1)C(=O)N(CC1(C3=CC4C=C(N(N)C=N)C=CC4O3)NC(=O)NC1=O)C2. The van der Waals surface area contributed by atoms with Gasteiger partial charge < -0.3 is 19.7 Å². The lowest BCUT2D eigenvalue weighted by Crippen LogP contribution is -2.57. The van der Waals surface area contributed by atoms with Crippen molar-refractivity contribution in [3.63, 3.8) is 0 Å². The number of benzene rings is 1. The Morgan fingerprint density at radius 2 is 2.18 bits per heavy atom. The average molecular weight is 450 g/mol. The molecule has 5 N–H and O–H groups in total. The number of rotatable bonds is 6. The third-order valence-electron chi connectivity index (χ3n) is 6.23. The third kappa shape index (κ3) is 3.24. The second-order valence-corrected chi connectivity index (χ2v) is 8.18. The Kier molecular flexibility index (Phi) is 4.71. The van der Waals surface area contributed by atoms with Crippen LogP contribution in [0.2, 0.25) is 0 Å². The van der Waals surface area contributed by atoms with Crippen molar-refractivity contribution >= 4 is 24.2 Å². The molecule has 1 fully saturated rings. The summed E-state index contributed by atoms with van der Waals surface area (Å²) in [5, 5.41) is 13.4. The van der Waals surface area contributed by atoms with Crippen molar-refractivity contribution in [2.75, 3.05) is 13.7 Å². The first-order valence-corrected chi connectivity index (χ1v) is 10.3. The van der Waals surface area contributed by atoms with Gasteiger partial charge in [-0.25, -0.2) is 10.6 Å². The van der Waals surface area contributed by atoms with Gasteiger partial charge in [-0.1, -0.05) is 6.07 Å². The van der Waals surface area contributed by atoms with Crippen LogP contribution in [-0.2, 0) is 16.1 Å². The number of carbonyl (C=O) groups is 3. The second kappa shape index (κ2) is 7.48. The Morgan fingerprint density at radius 1 is 1.36 bits per heavy atom. The van der Waals surface area contributed by atoms with Crippen LogP contribution in [0.25, 0.3) is 0 Å². The number of imide groups is 1. The van der Waals surface area contributed by atoms with Gasteiger partial charge >= 0.3 is 6.03 Å². The van der Waals surface area contributed by atoms with Crippen molar-refractivity contribution in [1.82, 2.24) is 20.5 Å². The molecule has 0 saturated carbocycles. The number of urea groups is 1. The van der Waals surface area contributed by atoms with Crippen LogP contribution < -0.4 is 21.2 Å². The highest BCUT2D eigenvalue weighted by molar-refractivity contribution is 6.09. The van der Waals surface area contributed by atoms with E-state index in [4.69, 9.17) is 20.7 Å². The first-order valence-electron chi connectivity index (χ1n) is 10.3. The lowest BCUT2D eigenvalue weighted by Gasteiger charge is -2.32. The number of nitrogens with zero attached hydrogens (tertiary/aromatic N) is 2. The summed E-state index contributed by atoms with van der Waals surface area (Å²) in [6, 6.07) is 4.59. The Bertz CT molecular complexity index is 1170. The number of hydrogen-bond donors (Lipinski definition) is 4. The molecule has 170 valence electrons. The standard InChI is InChI=1S/C22H22N6O5/c1-32-15-4-2-12-9-27(19(29)16(12)8-15)10-22(20(30)25-21(31)26-22)18-7-13-6-14(28(24)11-23)3-5-17(13)33-18/h2-8,11,13,17,23H,9-10,24H2,1H3,(H2,25,26,30,31). The number of hydrazine groups is 1. The maximum absolute atomic E-state index is 13.1. The predicted molar refractivity (Wildman–Crippen MR) is 116 cm³/mol. The zero-order chi connectivity index (χ0) is 23.3. The molecule has 0 bridgehead atoms. The van der Waals surface area contributed by atoms with Crippen LogP contribution >= 0.6 is 0 Å². The fourth-order valence-electron chi connectivity index (χ4n) is 4.52. The second-order valence-electron chi connectivity index (χ2n) is 8.18. The van der Waals surface area contributed by atoms with Crippen LogP contribution in [0.3, 0.4) is 0 Å². The first kappa shape index (κ1) is 20.8. The van der Waals surface area contributed by atoms with E-state index in [2.05, 4.69) is 10.6 Å². The van der Waals surface area contributed by atoms with Crippen LogP contribution in [0.1, 0.15) is 15.9 Å². The van der Waals surface area contributed by atoms with Gasteiger partial charge in [0, 0.05) is 18.0 Å². The quantitative estimate of drug-likeness (QED) is 0.161. The molecule has 33 heavy (non-hydrogen) atoms. The van der Waals surface area contributed by atoms with E-state index >= 15 is 0 Å². The minimum atomic E-state index is -1.57. The number of amides is 4. The molecule has 5 rings (SSSR count).